The van der Waals surface area contributed by atoms with E-state index in [0.29, 0.717) is 5.13 Å². The van der Waals surface area contributed by atoms with Crippen LogP contribution in [0.4, 0.5) is 13.9 Å². The molecule has 0 unspecified atom stereocenters. The van der Waals surface area contributed by atoms with Gasteiger partial charge in [0.25, 0.3) is 5.91 Å². The monoisotopic (exact) mass is 241 g/mol. The minimum atomic E-state index is -1.06. The Morgan fingerprint density at radius 2 is 2.12 bits per heavy atom. The molecule has 0 bridgehead atoms. The Morgan fingerprint density at radius 3 is 2.75 bits per heavy atom. The third kappa shape index (κ3) is 2.19. The Morgan fingerprint density at radius 1 is 1.31 bits per heavy atom. The zero-order chi connectivity index (χ0) is 11.5. The second-order valence-electron chi connectivity index (χ2n) is 2.83. The molecule has 0 aliphatic heterocycles. The fraction of sp³-hybridized carbons (Fsp3) is 0. The molecule has 1 amide bonds. The second-order valence-corrected chi connectivity index (χ2v) is 3.66. The van der Waals surface area contributed by atoms with Crippen LogP contribution in [-0.4, -0.2) is 16.1 Å². The second kappa shape index (κ2) is 4.31. The van der Waals surface area contributed by atoms with Crippen molar-refractivity contribution in [1.29, 1.82) is 0 Å². The predicted octanol–water partition coefficient (Wildman–Crippen LogP) is 2.07. The maximum atomic E-state index is 12.8. The molecular formula is C9H5F2N3OS. The van der Waals surface area contributed by atoms with Crippen LogP contribution in [0, 0.1) is 11.6 Å². The Hall–Kier alpha value is -1.89. The molecule has 0 saturated carbocycles. The Bertz CT molecular complexity index is 515. The van der Waals surface area contributed by atoms with Gasteiger partial charge >= 0.3 is 0 Å². The van der Waals surface area contributed by atoms with E-state index in [1.807, 2.05) is 0 Å². The molecule has 0 saturated heterocycles. The van der Waals surface area contributed by atoms with Crippen molar-refractivity contribution >= 4 is 22.4 Å². The summed E-state index contributed by atoms with van der Waals surface area (Å²) < 4.78 is 25.5. The molecule has 4 nitrogen and oxygen atoms in total. The van der Waals surface area contributed by atoms with Crippen molar-refractivity contribution in [3.8, 4) is 0 Å². The fourth-order valence-electron chi connectivity index (χ4n) is 1.03. The van der Waals surface area contributed by atoms with Gasteiger partial charge in [-0.15, -0.1) is 10.2 Å². The first-order chi connectivity index (χ1) is 7.66. The van der Waals surface area contributed by atoms with E-state index in [9.17, 15) is 13.6 Å². The lowest BCUT2D eigenvalue weighted by Crippen LogP contribution is -2.12. The van der Waals surface area contributed by atoms with E-state index in [4.69, 9.17) is 0 Å². The van der Waals surface area contributed by atoms with Gasteiger partial charge in [0.1, 0.15) is 5.51 Å². The van der Waals surface area contributed by atoms with E-state index < -0.39 is 17.5 Å². The molecule has 1 heterocycles. The number of hydrogen-bond donors (Lipinski definition) is 1. The highest BCUT2D eigenvalue weighted by molar-refractivity contribution is 7.13. The number of nitrogens with one attached hydrogen (secondary N) is 1. The maximum absolute atomic E-state index is 12.8. The van der Waals surface area contributed by atoms with Gasteiger partial charge in [0.05, 0.1) is 0 Å². The van der Waals surface area contributed by atoms with Crippen LogP contribution >= 0.6 is 11.3 Å². The highest BCUT2D eigenvalue weighted by Gasteiger charge is 2.10. The summed E-state index contributed by atoms with van der Waals surface area (Å²) in [6.07, 6.45) is 0. The molecule has 2 aromatic rings. The first-order valence-electron chi connectivity index (χ1n) is 4.19. The predicted molar refractivity (Wildman–Crippen MR) is 54.2 cm³/mol. The van der Waals surface area contributed by atoms with Crippen LogP contribution in [-0.2, 0) is 0 Å². The molecule has 1 N–H and O–H groups in total. The quantitative estimate of drug-likeness (QED) is 0.875. The van der Waals surface area contributed by atoms with Crippen LogP contribution in [0.2, 0.25) is 0 Å². The number of rotatable bonds is 2. The highest BCUT2D eigenvalue weighted by Crippen LogP contribution is 2.12. The van der Waals surface area contributed by atoms with Crippen LogP contribution in [0.1, 0.15) is 10.4 Å². The van der Waals surface area contributed by atoms with E-state index >= 15 is 0 Å². The highest BCUT2D eigenvalue weighted by atomic mass is 32.1. The summed E-state index contributed by atoms with van der Waals surface area (Å²) in [5, 5.41) is 9.81. The molecule has 7 heteroatoms. The van der Waals surface area contributed by atoms with Crippen LogP contribution in [0.3, 0.4) is 0 Å². The molecule has 16 heavy (non-hydrogen) atoms. The summed E-state index contributed by atoms with van der Waals surface area (Å²) in [6, 6.07) is 2.91. The summed E-state index contributed by atoms with van der Waals surface area (Å²) >= 11 is 1.13. The molecule has 0 radical (unpaired) electrons. The zero-order valence-corrected chi connectivity index (χ0v) is 8.59. The molecule has 0 aliphatic carbocycles. The van der Waals surface area contributed by atoms with Gasteiger partial charge in [0, 0.05) is 5.56 Å². The Balaban J connectivity index is 2.18. The third-order valence-corrected chi connectivity index (χ3v) is 2.37. The summed E-state index contributed by atoms with van der Waals surface area (Å²) in [5.41, 5.74) is 1.47. The van der Waals surface area contributed by atoms with Gasteiger partial charge in [-0.2, -0.15) is 0 Å². The number of aromatic nitrogens is 2. The molecule has 0 fully saturated rings. The van der Waals surface area contributed by atoms with Crippen LogP contribution in [0.15, 0.2) is 23.7 Å². The molecule has 1 aromatic heterocycles. The number of halogens is 2. The zero-order valence-electron chi connectivity index (χ0n) is 7.78. The lowest BCUT2D eigenvalue weighted by atomic mass is 10.2. The van der Waals surface area contributed by atoms with Gasteiger partial charge in [-0.25, -0.2) is 8.78 Å². The van der Waals surface area contributed by atoms with Crippen molar-refractivity contribution in [2.24, 2.45) is 0 Å². The first kappa shape index (κ1) is 10.6. The number of carbonyl (C=O) groups excluding carboxylic acids is 1. The largest absolute Gasteiger partial charge is 0.296 e. The minimum Gasteiger partial charge on any atom is -0.296 e. The van der Waals surface area contributed by atoms with Gasteiger partial charge in [0.15, 0.2) is 11.6 Å². The number of carbonyl (C=O) groups is 1. The Labute approximate surface area is 92.9 Å². The van der Waals surface area contributed by atoms with E-state index in [1.165, 1.54) is 11.6 Å². The van der Waals surface area contributed by atoms with E-state index in [2.05, 4.69) is 15.5 Å². The summed E-state index contributed by atoms with van der Waals surface area (Å²) in [5.74, 6) is -2.62. The average Bonchev–Trinajstić information content (AvgIpc) is 2.74. The van der Waals surface area contributed by atoms with Gasteiger partial charge in [-0.05, 0) is 18.2 Å². The van der Waals surface area contributed by atoms with E-state index in [-0.39, 0.29) is 5.56 Å². The van der Waals surface area contributed by atoms with Gasteiger partial charge in [-0.1, -0.05) is 11.3 Å². The lowest BCUT2D eigenvalue weighted by Gasteiger charge is -2.01. The number of hydrogen-bond acceptors (Lipinski definition) is 4. The minimum absolute atomic E-state index is 0.0223. The van der Waals surface area contributed by atoms with Gasteiger partial charge in [0.2, 0.25) is 5.13 Å². The van der Waals surface area contributed by atoms with Gasteiger partial charge in [-0.3, -0.25) is 10.1 Å². The maximum Gasteiger partial charge on any atom is 0.257 e. The third-order valence-electron chi connectivity index (χ3n) is 1.76. The number of benzene rings is 1. The average molecular weight is 241 g/mol. The van der Waals surface area contributed by atoms with Crippen molar-refractivity contribution in [1.82, 2.24) is 10.2 Å². The van der Waals surface area contributed by atoms with Crippen LogP contribution < -0.4 is 5.32 Å². The molecular weight excluding hydrogens is 236 g/mol. The van der Waals surface area contributed by atoms with Crippen molar-refractivity contribution in [3.63, 3.8) is 0 Å². The van der Waals surface area contributed by atoms with Crippen molar-refractivity contribution < 1.29 is 13.6 Å². The summed E-state index contributed by atoms with van der Waals surface area (Å²) in [7, 11) is 0. The molecule has 1 aromatic carbocycles. The van der Waals surface area contributed by atoms with Crippen LogP contribution in [0.5, 0.6) is 0 Å². The van der Waals surface area contributed by atoms with E-state index in [0.717, 1.165) is 23.5 Å². The van der Waals surface area contributed by atoms with Gasteiger partial charge < -0.3 is 0 Å². The van der Waals surface area contributed by atoms with Crippen molar-refractivity contribution in [3.05, 3.63) is 40.9 Å². The number of amides is 1. The standard InChI is InChI=1S/C9H5F2N3OS/c10-6-2-1-5(3-7(6)11)8(15)13-9-14-12-4-16-9/h1-4H,(H,13,14,15). The lowest BCUT2D eigenvalue weighted by molar-refractivity contribution is 0.102. The smallest absolute Gasteiger partial charge is 0.257 e. The topological polar surface area (TPSA) is 54.9 Å². The fourth-order valence-corrected chi connectivity index (χ4v) is 1.47. The Kier molecular flexibility index (Phi) is 2.86. The van der Waals surface area contributed by atoms with Crippen molar-refractivity contribution in [2.75, 3.05) is 5.32 Å². The normalized spacial score (nSPS) is 10.1. The number of nitrogens with zero attached hydrogens (tertiary/aromatic N) is 2. The number of anilines is 1. The SMILES string of the molecule is O=C(Nc1nncs1)c1ccc(F)c(F)c1. The molecule has 0 spiro atoms. The van der Waals surface area contributed by atoms with E-state index in [1.54, 1.807) is 0 Å². The molecule has 0 atom stereocenters. The van der Waals surface area contributed by atoms with Crippen LogP contribution in [0.25, 0.3) is 0 Å². The van der Waals surface area contributed by atoms with Crippen molar-refractivity contribution in [2.45, 2.75) is 0 Å². The molecule has 0 aliphatic rings. The summed E-state index contributed by atoms with van der Waals surface area (Å²) in [6.45, 7) is 0. The first-order valence-corrected chi connectivity index (χ1v) is 5.07. The molecule has 82 valence electrons. The summed E-state index contributed by atoms with van der Waals surface area (Å²) in [4.78, 5) is 11.5. The molecule has 2 rings (SSSR count).